The number of amides is 1. The highest BCUT2D eigenvalue weighted by Crippen LogP contribution is 2.52. The van der Waals surface area contributed by atoms with Crippen molar-refractivity contribution in [3.63, 3.8) is 0 Å². The summed E-state index contributed by atoms with van der Waals surface area (Å²) >= 11 is 7.26. The zero-order valence-corrected chi connectivity index (χ0v) is 14.8. The van der Waals surface area contributed by atoms with Crippen molar-refractivity contribution in [1.82, 2.24) is 14.9 Å². The predicted octanol–water partition coefficient (Wildman–Crippen LogP) is 3.40. The van der Waals surface area contributed by atoms with E-state index in [2.05, 4.69) is 9.97 Å². The molecule has 126 valence electrons. The quantitative estimate of drug-likeness (QED) is 0.725. The van der Waals surface area contributed by atoms with E-state index in [0.29, 0.717) is 23.7 Å². The Labute approximate surface area is 147 Å². The van der Waals surface area contributed by atoms with Crippen molar-refractivity contribution >= 4 is 28.8 Å². The highest BCUT2D eigenvalue weighted by atomic mass is 35.5. The highest BCUT2D eigenvalue weighted by molar-refractivity contribution is 7.16. The molecule has 0 aromatic carbocycles. The Morgan fingerprint density at radius 3 is 2.83 bits per heavy atom. The first kappa shape index (κ1) is 15.9. The average Bonchev–Trinajstić information content (AvgIpc) is 3.02. The largest absolute Gasteiger partial charge is 0.381 e. The molecule has 2 aliphatic heterocycles. The van der Waals surface area contributed by atoms with Crippen LogP contribution in [-0.2, 0) is 10.3 Å². The second-order valence-corrected chi connectivity index (χ2v) is 7.46. The summed E-state index contributed by atoms with van der Waals surface area (Å²) in [5.41, 5.74) is 1.23. The van der Waals surface area contributed by atoms with Crippen LogP contribution in [0.5, 0.6) is 0 Å². The standard InChI is InChI=1S/C16H15ClFN3O2S/c1-8-10-13(16(21(2)14(10)22)3-5-23-6-4-16)24-12(8)11-9(18)7-19-15(17)20-11/h7H,3-6H2,1-2H3. The minimum atomic E-state index is -0.538. The Morgan fingerprint density at radius 2 is 2.12 bits per heavy atom. The molecule has 2 aromatic heterocycles. The fourth-order valence-electron chi connectivity index (χ4n) is 3.62. The third-order valence-corrected chi connectivity index (χ3v) is 6.65. The summed E-state index contributed by atoms with van der Waals surface area (Å²) in [4.78, 5) is 24.0. The maximum atomic E-state index is 14.2. The van der Waals surface area contributed by atoms with E-state index < -0.39 is 5.82 Å². The molecule has 8 heteroatoms. The van der Waals surface area contributed by atoms with Gasteiger partial charge in [0.05, 0.1) is 22.2 Å². The molecule has 0 N–H and O–H groups in total. The Bertz CT molecular complexity index is 848. The van der Waals surface area contributed by atoms with Crippen molar-refractivity contribution in [3.05, 3.63) is 33.3 Å². The summed E-state index contributed by atoms with van der Waals surface area (Å²) in [6.45, 7) is 3.05. The molecular weight excluding hydrogens is 353 g/mol. The summed E-state index contributed by atoms with van der Waals surface area (Å²) < 4.78 is 19.7. The summed E-state index contributed by atoms with van der Waals surface area (Å²) in [6, 6.07) is 0. The van der Waals surface area contributed by atoms with Crippen LogP contribution in [0, 0.1) is 12.7 Å². The molecule has 5 nitrogen and oxygen atoms in total. The molecular formula is C16H15ClFN3O2S. The first-order valence-electron chi connectivity index (χ1n) is 7.64. The van der Waals surface area contributed by atoms with Gasteiger partial charge in [-0.3, -0.25) is 4.79 Å². The van der Waals surface area contributed by atoms with Crippen LogP contribution in [-0.4, -0.2) is 41.0 Å². The number of carbonyl (C=O) groups excluding carboxylic acids is 1. The van der Waals surface area contributed by atoms with Gasteiger partial charge < -0.3 is 9.64 Å². The number of fused-ring (bicyclic) bond motifs is 2. The third-order valence-electron chi connectivity index (χ3n) is 4.98. The van der Waals surface area contributed by atoms with Crippen LogP contribution in [0.1, 0.15) is 33.6 Å². The van der Waals surface area contributed by atoms with Crippen molar-refractivity contribution in [3.8, 4) is 10.6 Å². The fourth-order valence-corrected chi connectivity index (χ4v) is 5.32. The molecule has 1 fully saturated rings. The number of hydrogen-bond donors (Lipinski definition) is 0. The number of aromatic nitrogens is 2. The third kappa shape index (κ3) is 2.04. The number of nitrogens with zero attached hydrogens (tertiary/aromatic N) is 3. The number of ether oxygens (including phenoxy) is 1. The van der Waals surface area contributed by atoms with E-state index in [1.54, 1.807) is 0 Å². The van der Waals surface area contributed by atoms with Crippen LogP contribution >= 0.6 is 22.9 Å². The Balaban J connectivity index is 1.92. The van der Waals surface area contributed by atoms with Gasteiger partial charge in [0.15, 0.2) is 5.82 Å². The Morgan fingerprint density at radius 1 is 1.42 bits per heavy atom. The molecule has 0 saturated carbocycles. The van der Waals surface area contributed by atoms with Gasteiger partial charge in [-0.25, -0.2) is 14.4 Å². The number of thiophene rings is 1. The number of rotatable bonds is 1. The van der Waals surface area contributed by atoms with Gasteiger partial charge >= 0.3 is 0 Å². The lowest BCUT2D eigenvalue weighted by atomic mass is 9.88. The van der Waals surface area contributed by atoms with Gasteiger partial charge in [0, 0.05) is 25.1 Å². The Kier molecular flexibility index (Phi) is 3.63. The predicted molar refractivity (Wildman–Crippen MR) is 88.9 cm³/mol. The van der Waals surface area contributed by atoms with E-state index in [-0.39, 0.29) is 22.4 Å². The van der Waals surface area contributed by atoms with Gasteiger partial charge in [-0.2, -0.15) is 0 Å². The minimum Gasteiger partial charge on any atom is -0.381 e. The van der Waals surface area contributed by atoms with Gasteiger partial charge in [0.25, 0.3) is 5.91 Å². The molecule has 2 aliphatic rings. The van der Waals surface area contributed by atoms with Gasteiger partial charge in [-0.05, 0) is 36.9 Å². The summed E-state index contributed by atoms with van der Waals surface area (Å²) in [5, 5.41) is -0.0106. The number of carbonyl (C=O) groups is 1. The smallest absolute Gasteiger partial charge is 0.255 e. The van der Waals surface area contributed by atoms with Crippen LogP contribution in [0.3, 0.4) is 0 Å². The molecule has 4 heterocycles. The molecule has 1 spiro atoms. The molecule has 1 saturated heterocycles. The highest BCUT2D eigenvalue weighted by Gasteiger charge is 2.51. The SMILES string of the molecule is Cc1c(-c2nc(Cl)ncc2F)sc2c1C(=O)N(C)C21CCOCC1. The maximum absolute atomic E-state index is 14.2. The second-order valence-electron chi connectivity index (χ2n) is 6.10. The van der Waals surface area contributed by atoms with E-state index in [9.17, 15) is 9.18 Å². The van der Waals surface area contributed by atoms with Gasteiger partial charge in [0.1, 0.15) is 5.69 Å². The summed E-state index contributed by atoms with van der Waals surface area (Å²) in [7, 11) is 1.83. The molecule has 0 unspecified atom stereocenters. The topological polar surface area (TPSA) is 55.3 Å². The van der Waals surface area contributed by atoms with Crippen molar-refractivity contribution in [2.24, 2.45) is 0 Å². The van der Waals surface area contributed by atoms with Gasteiger partial charge in [-0.15, -0.1) is 11.3 Å². The second kappa shape index (κ2) is 5.47. The summed E-state index contributed by atoms with van der Waals surface area (Å²) in [5.74, 6) is -0.559. The molecule has 4 rings (SSSR count). The van der Waals surface area contributed by atoms with E-state index in [1.165, 1.54) is 11.3 Å². The average molecular weight is 368 g/mol. The zero-order valence-electron chi connectivity index (χ0n) is 13.2. The van der Waals surface area contributed by atoms with Crippen LogP contribution in [0.2, 0.25) is 5.28 Å². The van der Waals surface area contributed by atoms with Crippen LogP contribution in [0.25, 0.3) is 10.6 Å². The van der Waals surface area contributed by atoms with Crippen LogP contribution in [0.15, 0.2) is 6.20 Å². The molecule has 2 aromatic rings. The lowest BCUT2D eigenvalue weighted by Crippen LogP contribution is -2.45. The molecule has 0 aliphatic carbocycles. The van der Waals surface area contributed by atoms with E-state index in [1.807, 2.05) is 18.9 Å². The number of hydrogen-bond acceptors (Lipinski definition) is 5. The van der Waals surface area contributed by atoms with Crippen LogP contribution in [0.4, 0.5) is 4.39 Å². The number of halogens is 2. The van der Waals surface area contributed by atoms with E-state index in [4.69, 9.17) is 16.3 Å². The Hall–Kier alpha value is -1.57. The maximum Gasteiger partial charge on any atom is 0.255 e. The first-order chi connectivity index (χ1) is 11.5. The van der Waals surface area contributed by atoms with Crippen LogP contribution < -0.4 is 0 Å². The molecule has 0 atom stereocenters. The normalized spacial score (nSPS) is 19.2. The first-order valence-corrected chi connectivity index (χ1v) is 8.83. The van der Waals surface area contributed by atoms with Crippen molar-refractivity contribution in [2.45, 2.75) is 25.3 Å². The fraction of sp³-hybridized carbons (Fsp3) is 0.438. The summed E-state index contributed by atoms with van der Waals surface area (Å²) in [6.07, 6.45) is 2.55. The molecule has 24 heavy (non-hydrogen) atoms. The molecule has 0 radical (unpaired) electrons. The van der Waals surface area contributed by atoms with Crippen molar-refractivity contribution < 1.29 is 13.9 Å². The van der Waals surface area contributed by atoms with Gasteiger partial charge in [0.2, 0.25) is 5.28 Å². The lowest BCUT2D eigenvalue weighted by molar-refractivity contribution is -0.00470. The lowest BCUT2D eigenvalue weighted by Gasteiger charge is -2.39. The monoisotopic (exact) mass is 367 g/mol. The van der Waals surface area contributed by atoms with Crippen molar-refractivity contribution in [2.75, 3.05) is 20.3 Å². The molecule has 0 bridgehead atoms. The van der Waals surface area contributed by atoms with Crippen molar-refractivity contribution in [1.29, 1.82) is 0 Å². The zero-order chi connectivity index (χ0) is 17.1. The minimum absolute atomic E-state index is 0.0106. The van der Waals surface area contributed by atoms with E-state index in [0.717, 1.165) is 29.5 Å². The van der Waals surface area contributed by atoms with Gasteiger partial charge in [-0.1, -0.05) is 0 Å². The molecule has 1 amide bonds. The van der Waals surface area contributed by atoms with E-state index >= 15 is 0 Å².